The van der Waals surface area contributed by atoms with E-state index in [1.807, 2.05) is 6.26 Å². The molecule has 1 rings (SSSR count). The average molecular weight is 270 g/mol. The first-order valence-electron chi connectivity index (χ1n) is 6.22. The van der Waals surface area contributed by atoms with Crippen molar-refractivity contribution in [3.05, 3.63) is 6.07 Å². The Morgan fingerprint density at radius 1 is 1.44 bits per heavy atom. The maximum Gasteiger partial charge on any atom is 0.191 e. The largest absolute Gasteiger partial charge is 0.396 e. The number of nitrogens with two attached hydrogens (primary N) is 1. The Morgan fingerprint density at radius 2 is 2.22 bits per heavy atom. The fourth-order valence-electron chi connectivity index (χ4n) is 1.81. The number of nitrogen functional groups attached to an aromatic ring is 1. The van der Waals surface area contributed by atoms with Crippen molar-refractivity contribution in [2.45, 2.75) is 31.3 Å². The summed E-state index contributed by atoms with van der Waals surface area (Å²) in [4.78, 5) is 8.44. The molecule has 0 aliphatic heterocycles. The molecule has 102 valence electrons. The zero-order valence-corrected chi connectivity index (χ0v) is 11.8. The normalized spacial score (nSPS) is 12.4. The summed E-state index contributed by atoms with van der Waals surface area (Å²) in [6.07, 6.45) is 4.96. The number of hydrogen-bond acceptors (Lipinski definition) is 6. The van der Waals surface area contributed by atoms with Gasteiger partial charge in [0.1, 0.15) is 11.6 Å². The van der Waals surface area contributed by atoms with E-state index in [9.17, 15) is 0 Å². The predicted molar refractivity (Wildman–Crippen MR) is 76.8 cm³/mol. The summed E-state index contributed by atoms with van der Waals surface area (Å²) in [5, 5.41) is 13.0. The van der Waals surface area contributed by atoms with Crippen LogP contribution >= 0.6 is 11.8 Å². The lowest BCUT2D eigenvalue weighted by Crippen LogP contribution is -2.16. The standard InChI is InChI=1S/C12H22N4OS/c1-3-4-9(5-6-17)8-14-11-7-10(13)15-12(16-11)18-2/h7,9,17H,3-6,8H2,1-2H3,(H3,13,14,15,16). The minimum atomic E-state index is 0.230. The molecule has 0 amide bonds. The van der Waals surface area contributed by atoms with Crippen molar-refractivity contribution >= 4 is 23.4 Å². The van der Waals surface area contributed by atoms with Crippen LogP contribution in [0.2, 0.25) is 0 Å². The zero-order valence-electron chi connectivity index (χ0n) is 11.0. The van der Waals surface area contributed by atoms with Crippen LogP contribution in [0.15, 0.2) is 11.2 Å². The van der Waals surface area contributed by atoms with E-state index < -0.39 is 0 Å². The summed E-state index contributed by atoms with van der Waals surface area (Å²) >= 11 is 1.47. The molecule has 0 aliphatic carbocycles. The Bertz CT molecular complexity index is 356. The van der Waals surface area contributed by atoms with Crippen LogP contribution in [0.5, 0.6) is 0 Å². The lowest BCUT2D eigenvalue weighted by atomic mass is 10.0. The van der Waals surface area contributed by atoms with E-state index >= 15 is 0 Å². The van der Waals surface area contributed by atoms with Gasteiger partial charge in [0.15, 0.2) is 5.16 Å². The first-order valence-corrected chi connectivity index (χ1v) is 7.45. The molecule has 4 N–H and O–H groups in total. The molecule has 0 aliphatic rings. The first kappa shape index (κ1) is 15.0. The third-order valence-electron chi connectivity index (χ3n) is 2.71. The zero-order chi connectivity index (χ0) is 13.4. The summed E-state index contributed by atoms with van der Waals surface area (Å²) in [5.74, 6) is 1.70. The number of aliphatic hydroxyl groups is 1. The van der Waals surface area contributed by atoms with E-state index in [0.717, 1.165) is 31.6 Å². The van der Waals surface area contributed by atoms with Gasteiger partial charge in [-0.2, -0.15) is 0 Å². The molecule has 0 fully saturated rings. The van der Waals surface area contributed by atoms with E-state index in [0.29, 0.717) is 16.9 Å². The van der Waals surface area contributed by atoms with E-state index in [1.165, 1.54) is 11.8 Å². The highest BCUT2D eigenvalue weighted by molar-refractivity contribution is 7.98. The number of nitrogens with zero attached hydrogens (tertiary/aromatic N) is 2. The van der Waals surface area contributed by atoms with E-state index in [1.54, 1.807) is 6.07 Å². The Morgan fingerprint density at radius 3 is 2.83 bits per heavy atom. The van der Waals surface area contributed by atoms with E-state index in [-0.39, 0.29) is 6.61 Å². The van der Waals surface area contributed by atoms with Gasteiger partial charge in [-0.1, -0.05) is 25.1 Å². The van der Waals surface area contributed by atoms with Crippen molar-refractivity contribution in [2.75, 3.05) is 30.5 Å². The summed E-state index contributed by atoms with van der Waals surface area (Å²) in [7, 11) is 0. The molecule has 18 heavy (non-hydrogen) atoms. The van der Waals surface area contributed by atoms with Crippen LogP contribution in [-0.2, 0) is 0 Å². The second-order valence-corrected chi connectivity index (χ2v) is 4.99. The van der Waals surface area contributed by atoms with Crippen LogP contribution in [0.4, 0.5) is 11.6 Å². The number of nitrogens with one attached hydrogen (secondary N) is 1. The van der Waals surface area contributed by atoms with Gasteiger partial charge in [-0.25, -0.2) is 9.97 Å². The molecule has 0 radical (unpaired) electrons. The molecule has 1 aromatic rings. The summed E-state index contributed by atoms with van der Waals surface area (Å²) < 4.78 is 0. The molecular weight excluding hydrogens is 248 g/mol. The monoisotopic (exact) mass is 270 g/mol. The summed E-state index contributed by atoms with van der Waals surface area (Å²) in [6.45, 7) is 3.19. The lowest BCUT2D eigenvalue weighted by Gasteiger charge is -2.16. The molecule has 1 unspecified atom stereocenters. The Balaban J connectivity index is 2.57. The predicted octanol–water partition coefficient (Wildman–Crippen LogP) is 1.99. The number of aromatic nitrogens is 2. The van der Waals surface area contributed by atoms with Crippen LogP contribution < -0.4 is 11.1 Å². The highest BCUT2D eigenvalue weighted by Crippen LogP contribution is 2.17. The van der Waals surface area contributed by atoms with Gasteiger partial charge < -0.3 is 16.2 Å². The van der Waals surface area contributed by atoms with Gasteiger partial charge in [0, 0.05) is 19.2 Å². The maximum atomic E-state index is 9.01. The Hall–Kier alpha value is -1.01. The number of rotatable bonds is 8. The van der Waals surface area contributed by atoms with Crippen molar-refractivity contribution in [3.63, 3.8) is 0 Å². The number of hydrogen-bond donors (Lipinski definition) is 3. The Labute approximate surface area is 113 Å². The smallest absolute Gasteiger partial charge is 0.191 e. The number of anilines is 2. The fraction of sp³-hybridized carbons (Fsp3) is 0.667. The number of thioether (sulfide) groups is 1. The van der Waals surface area contributed by atoms with Gasteiger partial charge in [-0.3, -0.25) is 0 Å². The second-order valence-electron chi connectivity index (χ2n) is 4.21. The van der Waals surface area contributed by atoms with Crippen molar-refractivity contribution in [1.29, 1.82) is 0 Å². The third-order valence-corrected chi connectivity index (χ3v) is 3.26. The van der Waals surface area contributed by atoms with Gasteiger partial charge in [-0.05, 0) is 25.0 Å². The van der Waals surface area contributed by atoms with Gasteiger partial charge in [0.2, 0.25) is 0 Å². The lowest BCUT2D eigenvalue weighted by molar-refractivity contribution is 0.255. The van der Waals surface area contributed by atoms with E-state index in [2.05, 4.69) is 22.2 Å². The Kier molecular flexibility index (Phi) is 6.82. The summed E-state index contributed by atoms with van der Waals surface area (Å²) in [5.41, 5.74) is 5.71. The van der Waals surface area contributed by atoms with E-state index in [4.69, 9.17) is 10.8 Å². The molecule has 1 aromatic heterocycles. The topological polar surface area (TPSA) is 84.1 Å². The third kappa shape index (κ3) is 5.10. The molecule has 5 nitrogen and oxygen atoms in total. The molecule has 6 heteroatoms. The second kappa shape index (κ2) is 8.16. The fourth-order valence-corrected chi connectivity index (χ4v) is 2.20. The van der Waals surface area contributed by atoms with Crippen LogP contribution in [0.1, 0.15) is 26.2 Å². The molecule has 0 bridgehead atoms. The van der Waals surface area contributed by atoms with Crippen molar-refractivity contribution < 1.29 is 5.11 Å². The highest BCUT2D eigenvalue weighted by Gasteiger charge is 2.08. The van der Waals surface area contributed by atoms with Gasteiger partial charge in [0.25, 0.3) is 0 Å². The summed E-state index contributed by atoms with van der Waals surface area (Å²) in [6, 6.07) is 1.74. The maximum absolute atomic E-state index is 9.01. The van der Waals surface area contributed by atoms with Crippen molar-refractivity contribution in [1.82, 2.24) is 9.97 Å². The number of aliphatic hydroxyl groups excluding tert-OH is 1. The first-order chi connectivity index (χ1) is 8.69. The van der Waals surface area contributed by atoms with Crippen molar-refractivity contribution in [2.24, 2.45) is 5.92 Å². The molecule has 1 atom stereocenters. The molecule has 0 aromatic carbocycles. The minimum Gasteiger partial charge on any atom is -0.396 e. The average Bonchev–Trinajstić information content (AvgIpc) is 2.36. The SMILES string of the molecule is CCCC(CCO)CNc1cc(N)nc(SC)n1. The van der Waals surface area contributed by atoms with Crippen LogP contribution in [0.25, 0.3) is 0 Å². The molecule has 0 spiro atoms. The quantitative estimate of drug-likeness (QED) is 0.495. The highest BCUT2D eigenvalue weighted by atomic mass is 32.2. The minimum absolute atomic E-state index is 0.230. The van der Waals surface area contributed by atoms with Crippen LogP contribution in [-0.4, -0.2) is 34.5 Å². The van der Waals surface area contributed by atoms with Crippen LogP contribution in [0, 0.1) is 5.92 Å². The van der Waals surface area contributed by atoms with Crippen LogP contribution in [0.3, 0.4) is 0 Å². The van der Waals surface area contributed by atoms with Crippen molar-refractivity contribution in [3.8, 4) is 0 Å². The molecule has 0 saturated carbocycles. The van der Waals surface area contributed by atoms with Gasteiger partial charge >= 0.3 is 0 Å². The molecule has 1 heterocycles. The molecular formula is C12H22N4OS. The van der Waals surface area contributed by atoms with Gasteiger partial charge in [0.05, 0.1) is 0 Å². The molecule has 0 saturated heterocycles. The van der Waals surface area contributed by atoms with Gasteiger partial charge in [-0.15, -0.1) is 0 Å².